The maximum absolute atomic E-state index is 12.5. The van der Waals surface area contributed by atoms with Crippen LogP contribution in [-0.4, -0.2) is 43.5 Å². The molecule has 0 spiro atoms. The van der Waals surface area contributed by atoms with Gasteiger partial charge in [0.2, 0.25) is 11.8 Å². The van der Waals surface area contributed by atoms with Crippen LogP contribution in [0, 0.1) is 5.92 Å². The number of nitrogens with zero attached hydrogens (tertiary/aromatic N) is 1. The van der Waals surface area contributed by atoms with Crippen molar-refractivity contribution in [3.8, 4) is 11.5 Å². The van der Waals surface area contributed by atoms with E-state index in [1.165, 1.54) is 0 Å². The molecule has 6 nitrogen and oxygen atoms in total. The number of carbonyl (C=O) groups excluding carboxylic acids is 2. The number of para-hydroxylation sites is 1. The van der Waals surface area contributed by atoms with Gasteiger partial charge in [0.25, 0.3) is 0 Å². The Morgan fingerprint density at radius 1 is 1.00 bits per heavy atom. The highest BCUT2D eigenvalue weighted by Gasteiger charge is 2.27. The Kier molecular flexibility index (Phi) is 6.89. The van der Waals surface area contributed by atoms with E-state index >= 15 is 0 Å². The number of carbonyl (C=O) groups is 2. The summed E-state index contributed by atoms with van der Waals surface area (Å²) < 4.78 is 10.7. The summed E-state index contributed by atoms with van der Waals surface area (Å²) in [4.78, 5) is 26.6. The SMILES string of the molecule is COc1ccc(NC(=O)C2CCN(C(=O)CCOc3ccccc3)CC2)cc1. The van der Waals surface area contributed by atoms with E-state index in [-0.39, 0.29) is 17.7 Å². The molecule has 0 saturated carbocycles. The standard InChI is InChI=1S/C22H26N2O4/c1-27-19-9-7-18(8-10-19)23-22(26)17-11-14-24(15-12-17)21(25)13-16-28-20-5-3-2-4-6-20/h2-10,17H,11-16H2,1H3,(H,23,26). The predicted molar refractivity (Wildman–Crippen MR) is 107 cm³/mol. The van der Waals surface area contributed by atoms with E-state index in [0.29, 0.717) is 39.0 Å². The first-order valence-corrected chi connectivity index (χ1v) is 9.56. The first-order chi connectivity index (χ1) is 13.7. The van der Waals surface area contributed by atoms with Gasteiger partial charge in [-0.05, 0) is 49.2 Å². The molecule has 1 heterocycles. The molecular formula is C22H26N2O4. The van der Waals surface area contributed by atoms with Crippen molar-refractivity contribution in [1.29, 1.82) is 0 Å². The fourth-order valence-corrected chi connectivity index (χ4v) is 3.24. The van der Waals surface area contributed by atoms with E-state index in [9.17, 15) is 9.59 Å². The molecule has 2 amide bonds. The number of hydrogen-bond acceptors (Lipinski definition) is 4. The van der Waals surface area contributed by atoms with Gasteiger partial charge in [0.1, 0.15) is 11.5 Å². The van der Waals surface area contributed by atoms with Crippen LogP contribution >= 0.6 is 0 Å². The number of anilines is 1. The zero-order valence-electron chi connectivity index (χ0n) is 16.1. The summed E-state index contributed by atoms with van der Waals surface area (Å²) in [5, 5.41) is 2.94. The lowest BCUT2D eigenvalue weighted by Gasteiger charge is -2.31. The number of amides is 2. The fourth-order valence-electron chi connectivity index (χ4n) is 3.24. The second kappa shape index (κ2) is 9.78. The Hall–Kier alpha value is -3.02. The molecule has 1 fully saturated rings. The number of benzene rings is 2. The molecule has 1 N–H and O–H groups in total. The summed E-state index contributed by atoms with van der Waals surface area (Å²) in [5.74, 6) is 1.52. The molecule has 28 heavy (non-hydrogen) atoms. The van der Waals surface area contributed by atoms with Crippen LogP contribution in [0.3, 0.4) is 0 Å². The van der Waals surface area contributed by atoms with E-state index < -0.39 is 0 Å². The van der Waals surface area contributed by atoms with Gasteiger partial charge in [0.05, 0.1) is 20.1 Å². The number of methoxy groups -OCH3 is 1. The average molecular weight is 382 g/mol. The lowest BCUT2D eigenvalue weighted by Crippen LogP contribution is -2.41. The average Bonchev–Trinajstić information content (AvgIpc) is 2.75. The van der Waals surface area contributed by atoms with Crippen LogP contribution < -0.4 is 14.8 Å². The number of ether oxygens (including phenoxy) is 2. The van der Waals surface area contributed by atoms with E-state index in [1.807, 2.05) is 59.5 Å². The molecular weight excluding hydrogens is 356 g/mol. The minimum atomic E-state index is -0.0771. The monoisotopic (exact) mass is 382 g/mol. The van der Waals surface area contributed by atoms with Gasteiger partial charge in [-0.1, -0.05) is 18.2 Å². The van der Waals surface area contributed by atoms with E-state index in [2.05, 4.69) is 5.32 Å². The van der Waals surface area contributed by atoms with Crippen molar-refractivity contribution < 1.29 is 19.1 Å². The Labute approximate surface area is 165 Å². The van der Waals surface area contributed by atoms with Crippen LogP contribution in [0.15, 0.2) is 54.6 Å². The summed E-state index contributed by atoms with van der Waals surface area (Å²) in [6.45, 7) is 1.57. The second-order valence-corrected chi connectivity index (χ2v) is 6.78. The lowest BCUT2D eigenvalue weighted by molar-refractivity contribution is -0.135. The van der Waals surface area contributed by atoms with Crippen molar-refractivity contribution in [2.75, 3.05) is 32.1 Å². The molecule has 0 aliphatic carbocycles. The zero-order valence-corrected chi connectivity index (χ0v) is 16.1. The van der Waals surface area contributed by atoms with Crippen molar-refractivity contribution in [2.24, 2.45) is 5.92 Å². The number of nitrogens with one attached hydrogen (secondary N) is 1. The second-order valence-electron chi connectivity index (χ2n) is 6.78. The maximum atomic E-state index is 12.5. The van der Waals surface area contributed by atoms with Crippen molar-refractivity contribution >= 4 is 17.5 Å². The molecule has 0 radical (unpaired) electrons. The van der Waals surface area contributed by atoms with Crippen LogP contribution in [0.2, 0.25) is 0 Å². The van der Waals surface area contributed by atoms with Crippen molar-refractivity contribution in [3.05, 3.63) is 54.6 Å². The molecule has 1 aliphatic heterocycles. The first kappa shape index (κ1) is 19.7. The van der Waals surface area contributed by atoms with Gasteiger partial charge in [-0.25, -0.2) is 0 Å². The highest BCUT2D eigenvalue weighted by molar-refractivity contribution is 5.92. The predicted octanol–water partition coefficient (Wildman–Crippen LogP) is 3.34. The fraction of sp³-hybridized carbons (Fsp3) is 0.364. The largest absolute Gasteiger partial charge is 0.497 e. The molecule has 1 saturated heterocycles. The minimum Gasteiger partial charge on any atom is -0.497 e. The normalized spacial score (nSPS) is 14.4. The molecule has 1 aliphatic rings. The summed E-state index contributed by atoms with van der Waals surface area (Å²) in [6, 6.07) is 16.7. The van der Waals surface area contributed by atoms with Crippen molar-refractivity contribution in [1.82, 2.24) is 4.90 Å². The van der Waals surface area contributed by atoms with Crippen molar-refractivity contribution in [3.63, 3.8) is 0 Å². The molecule has 2 aromatic carbocycles. The summed E-state index contributed by atoms with van der Waals surface area (Å²) in [7, 11) is 1.61. The van der Waals surface area contributed by atoms with Crippen LogP contribution in [-0.2, 0) is 9.59 Å². The summed E-state index contributed by atoms with van der Waals surface area (Å²) >= 11 is 0. The van der Waals surface area contributed by atoms with Crippen LogP contribution in [0.25, 0.3) is 0 Å². The van der Waals surface area contributed by atoms with E-state index in [0.717, 1.165) is 17.2 Å². The zero-order chi connectivity index (χ0) is 19.8. The number of hydrogen-bond donors (Lipinski definition) is 1. The number of likely N-dealkylation sites (tertiary alicyclic amines) is 1. The first-order valence-electron chi connectivity index (χ1n) is 9.56. The van der Waals surface area contributed by atoms with Crippen LogP contribution in [0.1, 0.15) is 19.3 Å². The number of piperidine rings is 1. The maximum Gasteiger partial charge on any atom is 0.227 e. The lowest BCUT2D eigenvalue weighted by atomic mass is 9.95. The molecule has 0 bridgehead atoms. The minimum absolute atomic E-state index is 0.00433. The third kappa shape index (κ3) is 5.49. The highest BCUT2D eigenvalue weighted by atomic mass is 16.5. The molecule has 0 unspecified atom stereocenters. The summed E-state index contributed by atoms with van der Waals surface area (Å²) in [6.07, 6.45) is 1.69. The van der Waals surface area contributed by atoms with Crippen LogP contribution in [0.5, 0.6) is 11.5 Å². The van der Waals surface area contributed by atoms with Gasteiger partial charge in [-0.3, -0.25) is 9.59 Å². The molecule has 2 aromatic rings. The molecule has 148 valence electrons. The molecule has 6 heteroatoms. The third-order valence-electron chi connectivity index (χ3n) is 4.90. The Balaban J connectivity index is 1.39. The number of rotatable bonds is 7. The highest BCUT2D eigenvalue weighted by Crippen LogP contribution is 2.21. The quantitative estimate of drug-likeness (QED) is 0.798. The molecule has 0 aromatic heterocycles. The Morgan fingerprint density at radius 3 is 2.32 bits per heavy atom. The van der Waals surface area contributed by atoms with Gasteiger partial charge in [0, 0.05) is 24.7 Å². The topological polar surface area (TPSA) is 67.9 Å². The van der Waals surface area contributed by atoms with E-state index in [1.54, 1.807) is 7.11 Å². The van der Waals surface area contributed by atoms with Crippen molar-refractivity contribution in [2.45, 2.75) is 19.3 Å². The van der Waals surface area contributed by atoms with Gasteiger partial charge in [-0.15, -0.1) is 0 Å². The van der Waals surface area contributed by atoms with E-state index in [4.69, 9.17) is 9.47 Å². The Morgan fingerprint density at radius 2 is 1.68 bits per heavy atom. The third-order valence-corrected chi connectivity index (χ3v) is 4.90. The van der Waals surface area contributed by atoms with Gasteiger partial charge < -0.3 is 19.7 Å². The smallest absolute Gasteiger partial charge is 0.227 e. The molecule has 3 rings (SSSR count). The summed E-state index contributed by atoms with van der Waals surface area (Å²) in [5.41, 5.74) is 0.752. The Bertz CT molecular complexity index is 769. The van der Waals surface area contributed by atoms with Gasteiger partial charge in [0.15, 0.2) is 0 Å². The van der Waals surface area contributed by atoms with Gasteiger partial charge >= 0.3 is 0 Å². The molecule has 0 atom stereocenters. The van der Waals surface area contributed by atoms with Gasteiger partial charge in [-0.2, -0.15) is 0 Å². The van der Waals surface area contributed by atoms with Crippen LogP contribution in [0.4, 0.5) is 5.69 Å².